The lowest BCUT2D eigenvalue weighted by atomic mass is 9.89. The van der Waals surface area contributed by atoms with Gasteiger partial charge in [0.15, 0.2) is 0 Å². The number of hydrogen-bond acceptors (Lipinski definition) is 2. The fourth-order valence-electron chi connectivity index (χ4n) is 8.25. The van der Waals surface area contributed by atoms with Crippen molar-refractivity contribution in [1.82, 2.24) is 0 Å². The topological polar surface area (TPSA) is 26.3 Å². The number of furan rings is 2. The summed E-state index contributed by atoms with van der Waals surface area (Å²) in [7, 11) is 0. The van der Waals surface area contributed by atoms with Crippen LogP contribution in [0.5, 0.6) is 0 Å². The van der Waals surface area contributed by atoms with Crippen molar-refractivity contribution in [1.29, 1.82) is 0 Å². The lowest BCUT2D eigenvalue weighted by molar-refractivity contribution is -0.254. The van der Waals surface area contributed by atoms with Crippen LogP contribution in [0.2, 0.25) is 0 Å². The smallest absolute Gasteiger partial charge is 0.380 e. The largest absolute Gasteiger partial charge is 0.455 e. The normalized spacial score (nSPS) is 16.0. The predicted molar refractivity (Wildman–Crippen MR) is 219 cm³/mol. The molecule has 2 heterocycles. The second-order valence-electron chi connectivity index (χ2n) is 15.5. The van der Waals surface area contributed by atoms with Gasteiger partial charge < -0.3 is 8.83 Å². The second-order valence-corrected chi connectivity index (χ2v) is 15.5. The van der Waals surface area contributed by atoms with Gasteiger partial charge in [-0.2, -0.15) is 26.3 Å². The number of allylic oxidation sites excluding steroid dienone is 2. The molecule has 7 rings (SSSR count). The Bertz CT molecular complexity index is 2150. The van der Waals surface area contributed by atoms with Gasteiger partial charge in [0.05, 0.1) is 0 Å². The SMILES string of the molecule is CCCCCCCCc1ccc(-c2oc3ccccc3c2C2=C(c3c(-c4ccc(CCCCCCCC)cc4)oc4ccccc34)C(F)(F)C(F)(F)C2(F)F)cc1. The molecule has 1 aliphatic rings. The number of aryl methyl sites for hydroxylation is 2. The van der Waals surface area contributed by atoms with E-state index in [9.17, 15) is 0 Å². The van der Waals surface area contributed by atoms with Crippen molar-refractivity contribution >= 4 is 33.1 Å². The maximum atomic E-state index is 16.7. The molecule has 0 saturated carbocycles. The Morgan fingerprint density at radius 1 is 0.421 bits per heavy atom. The van der Waals surface area contributed by atoms with Crippen molar-refractivity contribution in [3.05, 3.63) is 119 Å². The van der Waals surface area contributed by atoms with E-state index in [1.54, 1.807) is 48.5 Å². The average molecular weight is 785 g/mol. The second kappa shape index (κ2) is 17.0. The van der Waals surface area contributed by atoms with Gasteiger partial charge in [0.25, 0.3) is 0 Å². The molecule has 300 valence electrons. The summed E-state index contributed by atoms with van der Waals surface area (Å²) in [5.74, 6) is -16.8. The van der Waals surface area contributed by atoms with Crippen LogP contribution in [-0.2, 0) is 12.8 Å². The Labute approximate surface area is 331 Å². The number of rotatable bonds is 18. The lowest BCUT2D eigenvalue weighted by Gasteiger charge is -2.26. The molecule has 0 unspecified atom stereocenters. The molecule has 1 aliphatic carbocycles. The molecule has 0 radical (unpaired) electrons. The van der Waals surface area contributed by atoms with Gasteiger partial charge in [-0.05, 0) is 48.9 Å². The first-order valence-corrected chi connectivity index (χ1v) is 20.6. The Balaban J connectivity index is 1.36. The van der Waals surface area contributed by atoms with Crippen molar-refractivity contribution in [2.45, 2.75) is 122 Å². The van der Waals surface area contributed by atoms with Crippen molar-refractivity contribution in [3.8, 4) is 22.6 Å². The summed E-state index contributed by atoms with van der Waals surface area (Å²) in [4.78, 5) is 0. The number of unbranched alkanes of at least 4 members (excludes halogenated alkanes) is 10. The van der Waals surface area contributed by atoms with E-state index in [0.29, 0.717) is 11.1 Å². The average Bonchev–Trinajstić information content (AvgIpc) is 3.81. The minimum Gasteiger partial charge on any atom is -0.455 e. The van der Waals surface area contributed by atoms with Crippen LogP contribution < -0.4 is 0 Å². The minimum absolute atomic E-state index is 0.0257. The molecular weight excluding hydrogens is 735 g/mol. The molecule has 0 amide bonds. The summed E-state index contributed by atoms with van der Waals surface area (Å²) in [5.41, 5.74) is -1.04. The highest BCUT2D eigenvalue weighted by molar-refractivity contribution is 6.15. The van der Waals surface area contributed by atoms with E-state index < -0.39 is 40.0 Å². The van der Waals surface area contributed by atoms with Gasteiger partial charge in [-0.1, -0.05) is 163 Å². The van der Waals surface area contributed by atoms with Gasteiger partial charge in [0, 0.05) is 44.2 Å². The zero-order valence-electron chi connectivity index (χ0n) is 32.7. The van der Waals surface area contributed by atoms with Gasteiger partial charge in [-0.15, -0.1) is 0 Å². The number of fused-ring (bicyclic) bond motifs is 2. The minimum atomic E-state index is -5.78. The lowest BCUT2D eigenvalue weighted by Crippen LogP contribution is -2.48. The van der Waals surface area contributed by atoms with Gasteiger partial charge in [0.1, 0.15) is 22.7 Å². The van der Waals surface area contributed by atoms with E-state index in [0.717, 1.165) is 75.3 Å². The molecule has 0 N–H and O–H groups in total. The third-order valence-corrected chi connectivity index (χ3v) is 11.4. The molecule has 2 nitrogen and oxygen atoms in total. The van der Waals surface area contributed by atoms with Crippen LogP contribution in [0.1, 0.15) is 113 Å². The van der Waals surface area contributed by atoms with Crippen molar-refractivity contribution in [2.24, 2.45) is 0 Å². The Morgan fingerprint density at radius 2 is 0.772 bits per heavy atom. The summed E-state index contributed by atoms with van der Waals surface area (Å²) in [6, 6.07) is 26.4. The van der Waals surface area contributed by atoms with E-state index in [4.69, 9.17) is 8.83 Å². The highest BCUT2D eigenvalue weighted by Gasteiger charge is 2.81. The molecule has 0 saturated heterocycles. The molecule has 0 aliphatic heterocycles. The maximum absolute atomic E-state index is 16.7. The predicted octanol–water partition coefficient (Wildman–Crippen LogP) is 16.1. The maximum Gasteiger partial charge on any atom is 0.380 e. The Kier molecular flexibility index (Phi) is 12.1. The third-order valence-electron chi connectivity index (χ3n) is 11.4. The number of hydrogen-bond donors (Lipinski definition) is 0. The van der Waals surface area contributed by atoms with Crippen LogP contribution in [0, 0.1) is 0 Å². The van der Waals surface area contributed by atoms with E-state index >= 15 is 26.3 Å². The molecular formula is C49H50F6O2. The standard InChI is InChI=1S/C49H50F6O2/c1-3-5-7-9-11-13-19-33-25-29-35(30-26-33)45-41(37-21-15-17-23-39(37)56-45)43-44(48(52,53)49(54,55)47(43,50)51)42-38-22-16-18-24-40(38)57-46(42)36-31-27-34(28-32-36)20-14-12-10-8-6-4-2/h15-18,21-32H,3-14,19-20H2,1-2H3. The first-order valence-electron chi connectivity index (χ1n) is 20.6. The van der Waals surface area contributed by atoms with Crippen LogP contribution in [0.15, 0.2) is 106 Å². The number of alkyl halides is 6. The van der Waals surface area contributed by atoms with Crippen molar-refractivity contribution < 1.29 is 35.2 Å². The summed E-state index contributed by atoms with van der Waals surface area (Å²) in [5, 5.41) is 0.0513. The first kappa shape index (κ1) is 40.5. The summed E-state index contributed by atoms with van der Waals surface area (Å²) >= 11 is 0. The van der Waals surface area contributed by atoms with E-state index in [2.05, 4.69) is 13.8 Å². The molecule has 0 atom stereocenters. The van der Waals surface area contributed by atoms with Gasteiger partial charge in [-0.3, -0.25) is 0 Å². The molecule has 4 aromatic carbocycles. The van der Waals surface area contributed by atoms with Crippen LogP contribution in [0.4, 0.5) is 26.3 Å². The van der Waals surface area contributed by atoms with E-state index in [1.165, 1.54) is 49.9 Å². The zero-order valence-corrected chi connectivity index (χ0v) is 32.7. The molecule has 6 aromatic rings. The third kappa shape index (κ3) is 7.69. The monoisotopic (exact) mass is 784 g/mol. The van der Waals surface area contributed by atoms with Crippen LogP contribution in [-0.4, -0.2) is 17.8 Å². The van der Waals surface area contributed by atoms with Crippen LogP contribution in [0.3, 0.4) is 0 Å². The van der Waals surface area contributed by atoms with E-state index in [1.807, 2.05) is 24.3 Å². The first-order chi connectivity index (χ1) is 27.5. The summed E-state index contributed by atoms with van der Waals surface area (Å²) in [6.45, 7) is 4.34. The fraction of sp³-hybridized carbons (Fsp3) is 0.388. The number of para-hydroxylation sites is 2. The van der Waals surface area contributed by atoms with Crippen LogP contribution >= 0.6 is 0 Å². The van der Waals surface area contributed by atoms with E-state index in [-0.39, 0.29) is 33.5 Å². The molecule has 0 fully saturated rings. The quantitative estimate of drug-likeness (QED) is 0.0641. The van der Waals surface area contributed by atoms with Crippen molar-refractivity contribution in [2.75, 3.05) is 0 Å². The van der Waals surface area contributed by atoms with Crippen LogP contribution in [0.25, 0.3) is 55.7 Å². The number of benzene rings is 4. The highest BCUT2D eigenvalue weighted by Crippen LogP contribution is 2.67. The number of halogens is 6. The van der Waals surface area contributed by atoms with Gasteiger partial charge >= 0.3 is 17.8 Å². The Hall–Kier alpha value is -4.72. The molecule has 2 aromatic heterocycles. The molecule has 0 bridgehead atoms. The summed E-state index contributed by atoms with van der Waals surface area (Å²) in [6.07, 6.45) is 15.1. The zero-order chi connectivity index (χ0) is 40.2. The molecule has 8 heteroatoms. The highest BCUT2D eigenvalue weighted by atomic mass is 19.3. The fourth-order valence-corrected chi connectivity index (χ4v) is 8.25. The van der Waals surface area contributed by atoms with Gasteiger partial charge in [0.2, 0.25) is 0 Å². The molecule has 57 heavy (non-hydrogen) atoms. The van der Waals surface area contributed by atoms with Crippen molar-refractivity contribution in [3.63, 3.8) is 0 Å². The molecule has 0 spiro atoms. The summed E-state index contributed by atoms with van der Waals surface area (Å²) < 4.78 is 111. The van der Waals surface area contributed by atoms with Gasteiger partial charge in [-0.25, -0.2) is 0 Å². The Morgan fingerprint density at radius 3 is 1.16 bits per heavy atom.